The van der Waals surface area contributed by atoms with Gasteiger partial charge in [-0.15, -0.1) is 0 Å². The second-order valence-corrected chi connectivity index (χ2v) is 21.1. The van der Waals surface area contributed by atoms with Gasteiger partial charge < -0.3 is 89.9 Å². The first-order chi connectivity index (χ1) is 38.8. The molecule has 0 spiro atoms. The fraction of sp³-hybridized carbons (Fsp3) is 0.754. The van der Waals surface area contributed by atoms with Gasteiger partial charge in [0.25, 0.3) is 0 Å². The standard InChI is InChI=1S/C61H103NO18/c1-3-5-7-9-11-13-15-17-18-19-20-21-22-23-24-25-26-27-29-31-33-35-37-39-49(67)62-44(45(66)38-36-34-32-30-28-16-14-12-10-8-6-4-2)43-75-59-55(73)52(70)57(47(41-64)77-59)80-61-56(74)53(71)58(48(42-65)78-61)79-60-54(72)51(69)50(68)46(40-63)76-60/h5,7,11,13,17-18,20-21,23-24,26-27,31,33,44-48,50-61,63-66,68-74H,3-4,6,8-10,12,14-16,19,22,25,28-30,32,34-43H2,1-2H3,(H,62,67)/b7-5-,13-11-,18-17-,21-20-,24-23-,27-26-,33-31-. The summed E-state index contributed by atoms with van der Waals surface area (Å²) >= 11 is 0. The number of hydrogen-bond donors (Lipinski definition) is 12. The van der Waals surface area contributed by atoms with Gasteiger partial charge in [0.05, 0.1) is 38.6 Å². The zero-order valence-corrected chi connectivity index (χ0v) is 47.8. The molecule has 3 fully saturated rings. The van der Waals surface area contributed by atoms with Crippen molar-refractivity contribution in [3.63, 3.8) is 0 Å². The number of nitrogens with one attached hydrogen (secondary N) is 1. The topological polar surface area (TPSA) is 307 Å². The predicted octanol–water partition coefficient (Wildman–Crippen LogP) is 5.20. The molecule has 0 aliphatic carbocycles. The van der Waals surface area contributed by atoms with Gasteiger partial charge in [0.1, 0.15) is 73.2 Å². The van der Waals surface area contributed by atoms with E-state index in [9.17, 15) is 61.0 Å². The maximum Gasteiger partial charge on any atom is 0.220 e. The minimum atomic E-state index is -1.98. The molecule has 3 saturated heterocycles. The van der Waals surface area contributed by atoms with E-state index in [2.05, 4.69) is 98.2 Å². The molecule has 0 bridgehead atoms. The highest BCUT2D eigenvalue weighted by Crippen LogP contribution is 2.33. The molecule has 3 aliphatic rings. The summed E-state index contributed by atoms with van der Waals surface area (Å²) in [5, 5.41) is 120. The van der Waals surface area contributed by atoms with E-state index in [0.717, 1.165) is 64.2 Å². The summed E-state index contributed by atoms with van der Waals surface area (Å²) in [4.78, 5) is 13.3. The summed E-state index contributed by atoms with van der Waals surface area (Å²) < 4.78 is 34.2. The Morgan fingerprint density at radius 2 is 0.850 bits per heavy atom. The smallest absolute Gasteiger partial charge is 0.220 e. The Hall–Kier alpha value is -3.03. The van der Waals surface area contributed by atoms with Gasteiger partial charge in [-0.05, 0) is 64.2 Å². The number of carbonyl (C=O) groups is 1. The van der Waals surface area contributed by atoms with Gasteiger partial charge in [-0.25, -0.2) is 0 Å². The minimum absolute atomic E-state index is 0.181. The molecule has 12 N–H and O–H groups in total. The molecule has 0 aromatic heterocycles. The maximum atomic E-state index is 13.3. The number of carbonyl (C=O) groups excluding carboxylic acids is 1. The van der Waals surface area contributed by atoms with E-state index < -0.39 is 124 Å². The number of rotatable bonds is 42. The van der Waals surface area contributed by atoms with Crippen LogP contribution in [0, 0.1) is 0 Å². The molecular formula is C61H103NO18. The molecule has 17 unspecified atom stereocenters. The van der Waals surface area contributed by atoms with Crippen LogP contribution in [0.4, 0.5) is 0 Å². The lowest BCUT2D eigenvalue weighted by Gasteiger charge is -2.48. The van der Waals surface area contributed by atoms with Crippen molar-refractivity contribution in [3.05, 3.63) is 85.1 Å². The second-order valence-electron chi connectivity index (χ2n) is 21.1. The zero-order chi connectivity index (χ0) is 58.3. The van der Waals surface area contributed by atoms with E-state index in [-0.39, 0.29) is 18.9 Å². The van der Waals surface area contributed by atoms with Gasteiger partial charge in [-0.1, -0.05) is 176 Å². The summed E-state index contributed by atoms with van der Waals surface area (Å²) in [5.74, 6) is -0.306. The molecule has 460 valence electrons. The fourth-order valence-corrected chi connectivity index (χ4v) is 9.59. The highest BCUT2D eigenvalue weighted by molar-refractivity contribution is 5.76. The largest absolute Gasteiger partial charge is 0.394 e. The Bertz CT molecular complexity index is 1790. The van der Waals surface area contributed by atoms with Crippen LogP contribution in [0.25, 0.3) is 0 Å². The number of amides is 1. The average Bonchev–Trinajstić information content (AvgIpc) is 3.45. The van der Waals surface area contributed by atoms with Crippen molar-refractivity contribution in [1.82, 2.24) is 5.32 Å². The summed E-state index contributed by atoms with van der Waals surface area (Å²) in [6, 6.07) is -0.922. The first-order valence-electron chi connectivity index (χ1n) is 29.8. The van der Waals surface area contributed by atoms with Crippen molar-refractivity contribution in [2.75, 3.05) is 26.4 Å². The number of ether oxygens (including phenoxy) is 6. The van der Waals surface area contributed by atoms with Gasteiger partial charge in [-0.2, -0.15) is 0 Å². The quantitative estimate of drug-likeness (QED) is 0.0276. The molecule has 0 radical (unpaired) electrons. The van der Waals surface area contributed by atoms with Crippen LogP contribution >= 0.6 is 0 Å². The summed E-state index contributed by atoms with van der Waals surface area (Å²) in [7, 11) is 0. The van der Waals surface area contributed by atoms with Crippen molar-refractivity contribution >= 4 is 5.91 Å². The summed E-state index contributed by atoms with van der Waals surface area (Å²) in [6.07, 6.45) is 25.3. The lowest BCUT2D eigenvalue weighted by molar-refractivity contribution is -0.379. The fourth-order valence-electron chi connectivity index (χ4n) is 9.59. The highest BCUT2D eigenvalue weighted by atomic mass is 16.8. The number of hydrogen-bond acceptors (Lipinski definition) is 18. The van der Waals surface area contributed by atoms with E-state index in [1.54, 1.807) is 0 Å². The van der Waals surface area contributed by atoms with Crippen molar-refractivity contribution in [1.29, 1.82) is 0 Å². The number of unbranched alkanes of at least 4 members (excludes halogenated alkanes) is 12. The normalized spacial score (nSPS) is 30.6. The van der Waals surface area contributed by atoms with Gasteiger partial charge >= 0.3 is 0 Å². The third-order valence-electron chi connectivity index (χ3n) is 14.5. The van der Waals surface area contributed by atoms with Gasteiger partial charge in [0.15, 0.2) is 18.9 Å². The molecule has 3 rings (SSSR count). The summed E-state index contributed by atoms with van der Waals surface area (Å²) in [6.45, 7) is 1.59. The molecule has 19 heteroatoms. The van der Waals surface area contributed by atoms with Crippen molar-refractivity contribution in [3.8, 4) is 0 Å². The molecule has 3 heterocycles. The van der Waals surface area contributed by atoms with E-state index in [1.165, 1.54) is 51.4 Å². The predicted molar refractivity (Wildman–Crippen MR) is 304 cm³/mol. The van der Waals surface area contributed by atoms with Crippen LogP contribution in [-0.4, -0.2) is 193 Å². The van der Waals surface area contributed by atoms with E-state index >= 15 is 0 Å². The third kappa shape index (κ3) is 27.1. The lowest BCUT2D eigenvalue weighted by atomic mass is 9.96. The number of allylic oxidation sites excluding steroid dienone is 14. The van der Waals surface area contributed by atoms with Crippen molar-refractivity contribution in [2.45, 2.75) is 266 Å². The zero-order valence-electron chi connectivity index (χ0n) is 47.8. The Morgan fingerprint density at radius 1 is 0.463 bits per heavy atom. The monoisotopic (exact) mass is 1140 g/mol. The SMILES string of the molecule is CC/C=C\C/C=C\C/C=C\C/C=C\C/C=C\C/C=C\C/C=C\CCCC(=O)NC(COC1OC(CO)C(OC2OC(CO)C(OC3OC(CO)C(O)C(O)C3O)C(O)C2O)C(O)C1O)C(O)CCCCCCCCCCCCCC. The summed E-state index contributed by atoms with van der Waals surface area (Å²) in [5.41, 5.74) is 0. The molecule has 0 aromatic rings. The second kappa shape index (κ2) is 43.6. The van der Waals surface area contributed by atoms with Crippen LogP contribution < -0.4 is 5.32 Å². The van der Waals surface area contributed by atoms with Crippen LogP contribution in [0.15, 0.2) is 85.1 Å². The van der Waals surface area contributed by atoms with Crippen LogP contribution in [0.1, 0.15) is 162 Å². The minimum Gasteiger partial charge on any atom is -0.394 e. The number of aliphatic hydroxyl groups excluding tert-OH is 11. The number of aliphatic hydroxyl groups is 11. The third-order valence-corrected chi connectivity index (χ3v) is 14.5. The Balaban J connectivity index is 1.50. The van der Waals surface area contributed by atoms with Crippen molar-refractivity contribution in [2.24, 2.45) is 0 Å². The van der Waals surface area contributed by atoms with Gasteiger partial charge in [0.2, 0.25) is 5.91 Å². The van der Waals surface area contributed by atoms with Crippen LogP contribution in [-0.2, 0) is 33.2 Å². The first-order valence-corrected chi connectivity index (χ1v) is 29.8. The molecule has 19 nitrogen and oxygen atoms in total. The molecule has 1 amide bonds. The first kappa shape index (κ1) is 71.2. The Kier molecular flexibility index (Phi) is 38.8. The Labute approximate surface area is 476 Å². The molecule has 80 heavy (non-hydrogen) atoms. The average molecular weight is 1140 g/mol. The molecule has 0 aromatic carbocycles. The van der Waals surface area contributed by atoms with Gasteiger partial charge in [0, 0.05) is 6.42 Å². The molecular weight excluding hydrogens is 1030 g/mol. The van der Waals surface area contributed by atoms with Crippen LogP contribution in [0.2, 0.25) is 0 Å². The molecule has 0 saturated carbocycles. The van der Waals surface area contributed by atoms with Crippen molar-refractivity contribution < 1.29 is 89.4 Å². The van der Waals surface area contributed by atoms with Crippen LogP contribution in [0.5, 0.6) is 0 Å². The van der Waals surface area contributed by atoms with Gasteiger partial charge in [-0.3, -0.25) is 4.79 Å². The van der Waals surface area contributed by atoms with E-state index in [4.69, 9.17) is 28.4 Å². The van der Waals surface area contributed by atoms with E-state index in [1.807, 2.05) is 6.08 Å². The molecule has 17 atom stereocenters. The van der Waals surface area contributed by atoms with E-state index in [0.29, 0.717) is 25.7 Å². The highest BCUT2D eigenvalue weighted by Gasteiger charge is 2.53. The molecule has 3 aliphatic heterocycles. The maximum absolute atomic E-state index is 13.3. The Morgan fingerprint density at radius 3 is 1.30 bits per heavy atom. The lowest BCUT2D eigenvalue weighted by Crippen LogP contribution is -2.66. The van der Waals surface area contributed by atoms with Crippen LogP contribution in [0.3, 0.4) is 0 Å².